The van der Waals surface area contributed by atoms with Crippen LogP contribution in [0.4, 0.5) is 0 Å². The van der Waals surface area contributed by atoms with Gasteiger partial charge in [0.1, 0.15) is 0 Å². The zero-order valence-electron chi connectivity index (χ0n) is 10.4. The summed E-state index contributed by atoms with van der Waals surface area (Å²) < 4.78 is 5.00. The van der Waals surface area contributed by atoms with Crippen molar-refractivity contribution < 1.29 is 9.53 Å². The number of methoxy groups -OCH3 is 1. The minimum atomic E-state index is -0.0122. The second-order valence-electron chi connectivity index (χ2n) is 4.77. The third-order valence-corrected chi connectivity index (χ3v) is 3.21. The fourth-order valence-electron chi connectivity index (χ4n) is 2.30. The maximum absolute atomic E-state index is 12.0. The summed E-state index contributed by atoms with van der Waals surface area (Å²) in [5.74, 6) is 0.0840. The summed E-state index contributed by atoms with van der Waals surface area (Å²) >= 11 is 0. The van der Waals surface area contributed by atoms with Gasteiger partial charge in [-0.05, 0) is 19.8 Å². The van der Waals surface area contributed by atoms with Gasteiger partial charge in [0.05, 0.1) is 12.5 Å². The normalized spacial score (nSPS) is 28.2. The van der Waals surface area contributed by atoms with Crippen LogP contribution in [-0.4, -0.2) is 31.7 Å². The van der Waals surface area contributed by atoms with Gasteiger partial charge in [0, 0.05) is 19.2 Å². The number of hydrogen-bond donors (Lipinski definition) is 2. The largest absolute Gasteiger partial charge is 0.383 e. The molecule has 0 aromatic rings. The second-order valence-corrected chi connectivity index (χ2v) is 4.77. The van der Waals surface area contributed by atoms with Gasteiger partial charge in [-0.15, -0.1) is 0 Å². The SMILES string of the molecule is COCC(C)NC(=O)C1CCCCCC1N. The number of carbonyl (C=O) groups excluding carboxylic acids is 1. The number of ether oxygens (including phenoxy) is 1. The van der Waals surface area contributed by atoms with Crippen molar-refractivity contribution >= 4 is 5.91 Å². The Morgan fingerprint density at radius 3 is 2.81 bits per heavy atom. The topological polar surface area (TPSA) is 64.3 Å². The molecule has 0 aliphatic heterocycles. The van der Waals surface area contributed by atoms with Crippen LogP contribution in [0.15, 0.2) is 0 Å². The van der Waals surface area contributed by atoms with Crippen LogP contribution in [0.1, 0.15) is 39.0 Å². The van der Waals surface area contributed by atoms with E-state index in [1.54, 1.807) is 7.11 Å². The van der Waals surface area contributed by atoms with Crippen molar-refractivity contribution in [3.63, 3.8) is 0 Å². The van der Waals surface area contributed by atoms with E-state index in [0.29, 0.717) is 6.61 Å². The monoisotopic (exact) mass is 228 g/mol. The molecule has 1 aliphatic carbocycles. The minimum Gasteiger partial charge on any atom is -0.383 e. The Morgan fingerprint density at radius 1 is 1.44 bits per heavy atom. The van der Waals surface area contributed by atoms with Crippen LogP contribution in [0.25, 0.3) is 0 Å². The Balaban J connectivity index is 2.44. The molecule has 0 radical (unpaired) electrons. The van der Waals surface area contributed by atoms with Gasteiger partial charge in [0.2, 0.25) is 5.91 Å². The van der Waals surface area contributed by atoms with E-state index in [4.69, 9.17) is 10.5 Å². The van der Waals surface area contributed by atoms with Crippen LogP contribution in [0.3, 0.4) is 0 Å². The molecular weight excluding hydrogens is 204 g/mol. The van der Waals surface area contributed by atoms with Gasteiger partial charge in [-0.25, -0.2) is 0 Å². The smallest absolute Gasteiger partial charge is 0.224 e. The van der Waals surface area contributed by atoms with Crippen LogP contribution in [0.2, 0.25) is 0 Å². The van der Waals surface area contributed by atoms with Gasteiger partial charge in [0.25, 0.3) is 0 Å². The summed E-state index contributed by atoms with van der Waals surface area (Å²) in [7, 11) is 1.64. The number of nitrogens with one attached hydrogen (secondary N) is 1. The molecule has 4 heteroatoms. The first-order valence-electron chi connectivity index (χ1n) is 6.20. The fraction of sp³-hybridized carbons (Fsp3) is 0.917. The molecule has 0 heterocycles. The lowest BCUT2D eigenvalue weighted by Crippen LogP contribution is -2.45. The predicted octanol–water partition coefficient (Wildman–Crippen LogP) is 1.05. The minimum absolute atomic E-state index is 0.0122. The summed E-state index contributed by atoms with van der Waals surface area (Å²) in [6.45, 7) is 2.50. The zero-order chi connectivity index (χ0) is 12.0. The number of hydrogen-bond acceptors (Lipinski definition) is 3. The van der Waals surface area contributed by atoms with Crippen molar-refractivity contribution in [2.24, 2.45) is 11.7 Å². The average molecular weight is 228 g/mol. The molecule has 4 nitrogen and oxygen atoms in total. The van der Waals surface area contributed by atoms with Gasteiger partial charge in [-0.2, -0.15) is 0 Å². The predicted molar refractivity (Wildman–Crippen MR) is 64.0 cm³/mol. The third-order valence-electron chi connectivity index (χ3n) is 3.21. The molecule has 3 atom stereocenters. The maximum atomic E-state index is 12.0. The van der Waals surface area contributed by atoms with Crippen LogP contribution in [0.5, 0.6) is 0 Å². The summed E-state index contributed by atoms with van der Waals surface area (Å²) in [5.41, 5.74) is 6.04. The van der Waals surface area contributed by atoms with E-state index in [0.717, 1.165) is 25.7 Å². The van der Waals surface area contributed by atoms with Crippen molar-refractivity contribution in [3.05, 3.63) is 0 Å². The molecule has 0 saturated heterocycles. The number of carbonyl (C=O) groups is 1. The van der Waals surface area contributed by atoms with Gasteiger partial charge < -0.3 is 15.8 Å². The Kier molecular flexibility index (Phi) is 5.77. The molecule has 1 fully saturated rings. The first-order valence-corrected chi connectivity index (χ1v) is 6.20. The van der Waals surface area contributed by atoms with Crippen molar-refractivity contribution in [1.29, 1.82) is 0 Å². The molecule has 1 amide bonds. The summed E-state index contributed by atoms with van der Waals surface area (Å²) in [6, 6.07) is 0.0881. The van der Waals surface area contributed by atoms with Gasteiger partial charge >= 0.3 is 0 Å². The fourth-order valence-corrected chi connectivity index (χ4v) is 2.30. The first kappa shape index (κ1) is 13.5. The quantitative estimate of drug-likeness (QED) is 0.707. The van der Waals surface area contributed by atoms with Gasteiger partial charge in [0.15, 0.2) is 0 Å². The lowest BCUT2D eigenvalue weighted by atomic mass is 9.94. The van der Waals surface area contributed by atoms with Crippen LogP contribution < -0.4 is 11.1 Å². The van der Waals surface area contributed by atoms with E-state index in [1.165, 1.54) is 6.42 Å². The highest BCUT2D eigenvalue weighted by Crippen LogP contribution is 2.22. The molecule has 1 saturated carbocycles. The molecular formula is C12H24N2O2. The molecule has 16 heavy (non-hydrogen) atoms. The second kappa shape index (κ2) is 6.86. The molecule has 0 aromatic heterocycles. The van der Waals surface area contributed by atoms with E-state index in [2.05, 4.69) is 5.32 Å². The van der Waals surface area contributed by atoms with Gasteiger partial charge in [-0.3, -0.25) is 4.79 Å². The van der Waals surface area contributed by atoms with Crippen molar-refractivity contribution in [2.75, 3.05) is 13.7 Å². The Hall–Kier alpha value is -0.610. The molecule has 1 rings (SSSR count). The van der Waals surface area contributed by atoms with E-state index in [-0.39, 0.29) is 23.9 Å². The van der Waals surface area contributed by atoms with E-state index in [1.807, 2.05) is 6.92 Å². The summed E-state index contributed by atoms with van der Waals surface area (Å²) in [6.07, 6.45) is 5.36. The number of rotatable bonds is 4. The average Bonchev–Trinajstić information content (AvgIpc) is 2.43. The third kappa shape index (κ3) is 4.10. The van der Waals surface area contributed by atoms with Gasteiger partial charge in [-0.1, -0.05) is 19.3 Å². The van der Waals surface area contributed by atoms with E-state index >= 15 is 0 Å². The maximum Gasteiger partial charge on any atom is 0.224 e. The molecule has 0 aromatic carbocycles. The van der Waals surface area contributed by atoms with E-state index < -0.39 is 0 Å². The molecule has 3 N–H and O–H groups in total. The Labute approximate surface area is 97.9 Å². The zero-order valence-corrected chi connectivity index (χ0v) is 10.4. The first-order chi connectivity index (χ1) is 7.65. The lowest BCUT2D eigenvalue weighted by Gasteiger charge is -2.22. The Bertz CT molecular complexity index is 221. The molecule has 3 unspecified atom stereocenters. The van der Waals surface area contributed by atoms with Crippen molar-refractivity contribution in [1.82, 2.24) is 5.32 Å². The Morgan fingerprint density at radius 2 is 2.12 bits per heavy atom. The lowest BCUT2D eigenvalue weighted by molar-refractivity contribution is -0.126. The van der Waals surface area contributed by atoms with Crippen LogP contribution >= 0.6 is 0 Å². The standard InChI is InChI=1S/C12H24N2O2/c1-9(8-16-2)14-12(15)10-6-4-3-5-7-11(10)13/h9-11H,3-8,13H2,1-2H3,(H,14,15). The molecule has 0 spiro atoms. The van der Waals surface area contributed by atoms with Crippen molar-refractivity contribution in [2.45, 2.75) is 51.1 Å². The molecule has 1 aliphatic rings. The highest BCUT2D eigenvalue weighted by atomic mass is 16.5. The highest BCUT2D eigenvalue weighted by molar-refractivity contribution is 5.79. The summed E-state index contributed by atoms with van der Waals surface area (Å²) in [4.78, 5) is 12.0. The van der Waals surface area contributed by atoms with Crippen LogP contribution in [0, 0.1) is 5.92 Å². The number of nitrogens with two attached hydrogens (primary N) is 1. The molecule has 0 bridgehead atoms. The number of amides is 1. The van der Waals surface area contributed by atoms with Crippen molar-refractivity contribution in [3.8, 4) is 0 Å². The van der Waals surface area contributed by atoms with Crippen LogP contribution in [-0.2, 0) is 9.53 Å². The van der Waals surface area contributed by atoms with E-state index in [9.17, 15) is 4.79 Å². The summed E-state index contributed by atoms with van der Waals surface area (Å²) in [5, 5.41) is 2.96. The molecule has 94 valence electrons. The highest BCUT2D eigenvalue weighted by Gasteiger charge is 2.27.